The molecule has 7 heteroatoms. The van der Waals surface area contributed by atoms with Crippen LogP contribution in [-0.4, -0.2) is 25.7 Å². The van der Waals surface area contributed by atoms with Gasteiger partial charge in [-0.05, 0) is 37.3 Å². The number of aromatic nitrogens is 4. The predicted octanol–water partition coefficient (Wildman–Crippen LogP) is 1.86. The van der Waals surface area contributed by atoms with Crippen LogP contribution in [0.1, 0.15) is 21.7 Å². The molecule has 7 nitrogen and oxygen atoms in total. The van der Waals surface area contributed by atoms with E-state index in [2.05, 4.69) is 15.1 Å². The second-order valence-corrected chi connectivity index (χ2v) is 5.42. The first-order valence-corrected chi connectivity index (χ1v) is 7.37. The van der Waals surface area contributed by atoms with Crippen LogP contribution in [0.25, 0.3) is 11.4 Å². The highest BCUT2D eigenvalue weighted by Crippen LogP contribution is 2.21. The number of nitrogens with two attached hydrogens (primary N) is 1. The maximum Gasteiger partial charge on any atom is 0.267 e. The molecule has 122 valence electrons. The summed E-state index contributed by atoms with van der Waals surface area (Å²) in [6, 6.07) is 8.93. The second kappa shape index (κ2) is 6.49. The fourth-order valence-corrected chi connectivity index (χ4v) is 2.24. The van der Waals surface area contributed by atoms with Crippen molar-refractivity contribution in [3.05, 3.63) is 59.7 Å². The third kappa shape index (κ3) is 3.57. The average Bonchev–Trinajstić information content (AvgIpc) is 2.98. The Kier molecular flexibility index (Phi) is 4.24. The molecule has 0 aliphatic carbocycles. The Bertz CT molecular complexity index is 871. The minimum Gasteiger partial charge on any atom is -0.489 e. The number of nitrogens with zero attached hydrogens (tertiary/aromatic N) is 4. The molecule has 3 aromatic rings. The highest BCUT2D eigenvalue weighted by Gasteiger charge is 2.09. The molecule has 3 rings (SSSR count). The van der Waals surface area contributed by atoms with Crippen molar-refractivity contribution >= 4 is 5.91 Å². The number of carbonyl (C=O) groups excluding carboxylic acids is 1. The van der Waals surface area contributed by atoms with Crippen molar-refractivity contribution < 1.29 is 9.53 Å². The maximum atomic E-state index is 11.3. The van der Waals surface area contributed by atoms with Crippen LogP contribution in [0.5, 0.6) is 5.75 Å². The molecule has 24 heavy (non-hydrogen) atoms. The fourth-order valence-electron chi connectivity index (χ4n) is 2.24. The summed E-state index contributed by atoms with van der Waals surface area (Å²) in [7, 11) is 1.86. The summed E-state index contributed by atoms with van der Waals surface area (Å²) in [5.74, 6) is 0.617. The lowest BCUT2D eigenvalue weighted by Crippen LogP contribution is -2.14. The van der Waals surface area contributed by atoms with Crippen molar-refractivity contribution in [3.63, 3.8) is 0 Å². The van der Waals surface area contributed by atoms with Crippen molar-refractivity contribution in [1.82, 2.24) is 19.7 Å². The van der Waals surface area contributed by atoms with E-state index in [4.69, 9.17) is 10.5 Å². The second-order valence-electron chi connectivity index (χ2n) is 5.42. The first kappa shape index (κ1) is 15.7. The largest absolute Gasteiger partial charge is 0.489 e. The number of hydrogen-bond acceptors (Lipinski definition) is 5. The molecule has 0 unspecified atom stereocenters. The topological polar surface area (TPSA) is 95.9 Å². The summed E-state index contributed by atoms with van der Waals surface area (Å²) in [4.78, 5) is 19.9. The van der Waals surface area contributed by atoms with E-state index in [9.17, 15) is 4.79 Å². The molecular formula is C17H17N5O2. The van der Waals surface area contributed by atoms with Crippen LogP contribution >= 0.6 is 0 Å². The zero-order valence-corrected chi connectivity index (χ0v) is 13.4. The van der Waals surface area contributed by atoms with Crippen LogP contribution in [-0.2, 0) is 13.7 Å². The van der Waals surface area contributed by atoms with Gasteiger partial charge in [0.05, 0.1) is 6.20 Å². The third-order valence-electron chi connectivity index (χ3n) is 3.38. The van der Waals surface area contributed by atoms with Crippen LogP contribution in [0.4, 0.5) is 0 Å². The first-order chi connectivity index (χ1) is 11.5. The van der Waals surface area contributed by atoms with Gasteiger partial charge in [-0.2, -0.15) is 5.10 Å². The maximum absolute atomic E-state index is 11.3. The number of carbonyl (C=O) groups is 1. The zero-order valence-electron chi connectivity index (χ0n) is 13.4. The summed E-state index contributed by atoms with van der Waals surface area (Å²) < 4.78 is 7.44. The van der Waals surface area contributed by atoms with E-state index in [1.165, 1.54) is 0 Å². The van der Waals surface area contributed by atoms with Crippen LogP contribution in [0, 0.1) is 6.92 Å². The lowest BCUT2D eigenvalue weighted by Gasteiger charge is -2.07. The molecule has 0 fully saturated rings. The van der Waals surface area contributed by atoms with E-state index < -0.39 is 5.91 Å². The van der Waals surface area contributed by atoms with Crippen LogP contribution in [0.3, 0.4) is 0 Å². The summed E-state index contributed by atoms with van der Waals surface area (Å²) in [6.45, 7) is 2.24. The van der Waals surface area contributed by atoms with E-state index >= 15 is 0 Å². The van der Waals surface area contributed by atoms with E-state index in [1.807, 2.05) is 37.5 Å². The van der Waals surface area contributed by atoms with E-state index in [1.54, 1.807) is 23.9 Å². The summed E-state index contributed by atoms with van der Waals surface area (Å²) in [5.41, 5.74) is 7.97. The Morgan fingerprint density at radius 2 is 2.00 bits per heavy atom. The van der Waals surface area contributed by atoms with Gasteiger partial charge in [0, 0.05) is 30.1 Å². The highest BCUT2D eigenvalue weighted by molar-refractivity contribution is 5.91. The van der Waals surface area contributed by atoms with Crippen molar-refractivity contribution in [2.24, 2.45) is 12.8 Å². The molecule has 2 N–H and O–H groups in total. The minimum absolute atomic E-state index is 0.203. The van der Waals surface area contributed by atoms with Gasteiger partial charge in [0.25, 0.3) is 5.91 Å². The Hall–Kier alpha value is -3.22. The van der Waals surface area contributed by atoms with Crippen molar-refractivity contribution in [1.29, 1.82) is 0 Å². The predicted molar refractivity (Wildman–Crippen MR) is 88.3 cm³/mol. The monoisotopic (exact) mass is 323 g/mol. The summed E-state index contributed by atoms with van der Waals surface area (Å²) in [5, 5.41) is 4.10. The third-order valence-corrected chi connectivity index (χ3v) is 3.38. The molecule has 2 aromatic heterocycles. The highest BCUT2D eigenvalue weighted by atomic mass is 16.5. The SMILES string of the molecule is Cc1cc(C(N)=O)nc(-c2ccc(OCc3cnn(C)c3)cc2)n1. The van der Waals surface area contributed by atoms with Gasteiger partial charge in [0.2, 0.25) is 0 Å². The lowest BCUT2D eigenvalue weighted by atomic mass is 10.2. The van der Waals surface area contributed by atoms with Gasteiger partial charge in [-0.1, -0.05) is 0 Å². The molecular weight excluding hydrogens is 306 g/mol. The molecule has 1 aromatic carbocycles. The minimum atomic E-state index is -0.571. The van der Waals surface area contributed by atoms with Crippen LogP contribution < -0.4 is 10.5 Å². The molecule has 1 amide bonds. The van der Waals surface area contributed by atoms with Gasteiger partial charge in [0.1, 0.15) is 18.1 Å². The molecule has 2 heterocycles. The molecule has 0 saturated carbocycles. The van der Waals surface area contributed by atoms with Gasteiger partial charge in [-0.15, -0.1) is 0 Å². The first-order valence-electron chi connectivity index (χ1n) is 7.37. The van der Waals surface area contributed by atoms with Crippen molar-refractivity contribution in [2.45, 2.75) is 13.5 Å². The molecule has 0 atom stereocenters. The summed E-state index contributed by atoms with van der Waals surface area (Å²) in [6.07, 6.45) is 3.67. The Morgan fingerprint density at radius 3 is 2.62 bits per heavy atom. The average molecular weight is 323 g/mol. The van der Waals surface area contributed by atoms with Gasteiger partial charge in [0.15, 0.2) is 5.82 Å². The molecule has 0 spiro atoms. The van der Waals surface area contributed by atoms with E-state index in [0.29, 0.717) is 18.1 Å². The van der Waals surface area contributed by atoms with Gasteiger partial charge in [-0.25, -0.2) is 9.97 Å². The standard InChI is InChI=1S/C17H17N5O2/c1-11-7-15(16(18)23)21-17(20-11)13-3-5-14(6-4-13)24-10-12-8-19-22(2)9-12/h3-9H,10H2,1-2H3,(H2,18,23). The van der Waals surface area contributed by atoms with Crippen molar-refractivity contribution in [2.75, 3.05) is 0 Å². The number of ether oxygens (including phenoxy) is 1. The quantitative estimate of drug-likeness (QED) is 0.773. The molecule has 0 aliphatic heterocycles. The van der Waals surface area contributed by atoms with Gasteiger partial charge >= 0.3 is 0 Å². The zero-order chi connectivity index (χ0) is 17.1. The number of benzene rings is 1. The Labute approximate surface area is 139 Å². The fraction of sp³-hybridized carbons (Fsp3) is 0.176. The molecule has 0 bridgehead atoms. The van der Waals surface area contributed by atoms with Crippen LogP contribution in [0.15, 0.2) is 42.7 Å². The smallest absolute Gasteiger partial charge is 0.267 e. The number of primary amides is 1. The van der Waals surface area contributed by atoms with Crippen molar-refractivity contribution in [3.8, 4) is 17.1 Å². The van der Waals surface area contributed by atoms with Crippen LogP contribution in [0.2, 0.25) is 0 Å². The normalized spacial score (nSPS) is 10.6. The number of amides is 1. The number of aryl methyl sites for hydroxylation is 2. The number of hydrogen-bond donors (Lipinski definition) is 1. The summed E-state index contributed by atoms with van der Waals surface area (Å²) >= 11 is 0. The molecule has 0 aliphatic rings. The molecule has 0 saturated heterocycles. The van der Waals surface area contributed by atoms with E-state index in [0.717, 1.165) is 16.9 Å². The molecule has 0 radical (unpaired) electrons. The lowest BCUT2D eigenvalue weighted by molar-refractivity contribution is 0.0995. The van der Waals surface area contributed by atoms with Gasteiger partial charge in [-0.3, -0.25) is 9.48 Å². The Balaban J connectivity index is 1.75. The Morgan fingerprint density at radius 1 is 1.25 bits per heavy atom. The van der Waals surface area contributed by atoms with E-state index in [-0.39, 0.29) is 5.69 Å². The number of rotatable bonds is 5. The van der Waals surface area contributed by atoms with Gasteiger partial charge < -0.3 is 10.5 Å².